The SMILES string of the molecule is CN(Cc1nc2ccccc2s1)C(=O)c1c2c(nc3ccccc13)CCC2. The maximum absolute atomic E-state index is 13.4. The largest absolute Gasteiger partial charge is 0.335 e. The van der Waals surface area contributed by atoms with Gasteiger partial charge in [-0.3, -0.25) is 9.78 Å². The Balaban J connectivity index is 1.53. The molecule has 1 amide bonds. The number of carbonyl (C=O) groups excluding carboxylic acids is 1. The highest BCUT2D eigenvalue weighted by atomic mass is 32.1. The first-order valence-electron chi connectivity index (χ1n) is 9.21. The second kappa shape index (κ2) is 6.43. The molecule has 134 valence electrons. The number of amides is 1. The molecule has 0 radical (unpaired) electrons. The molecule has 0 atom stereocenters. The summed E-state index contributed by atoms with van der Waals surface area (Å²) in [7, 11) is 1.87. The maximum Gasteiger partial charge on any atom is 0.255 e. The topological polar surface area (TPSA) is 46.1 Å². The first-order valence-corrected chi connectivity index (χ1v) is 10.0. The van der Waals surface area contributed by atoms with Gasteiger partial charge < -0.3 is 4.90 Å². The zero-order valence-electron chi connectivity index (χ0n) is 15.1. The average molecular weight is 373 g/mol. The van der Waals surface area contributed by atoms with Gasteiger partial charge in [0.25, 0.3) is 5.91 Å². The van der Waals surface area contributed by atoms with E-state index in [4.69, 9.17) is 4.98 Å². The summed E-state index contributed by atoms with van der Waals surface area (Å²) in [5.41, 5.74) is 4.96. The zero-order chi connectivity index (χ0) is 18.4. The molecule has 0 spiro atoms. The monoisotopic (exact) mass is 373 g/mol. The van der Waals surface area contributed by atoms with Crippen molar-refractivity contribution in [2.24, 2.45) is 0 Å². The summed E-state index contributed by atoms with van der Waals surface area (Å²) in [6.45, 7) is 0.517. The number of thiazole rings is 1. The second-order valence-electron chi connectivity index (χ2n) is 7.02. The number of benzene rings is 2. The van der Waals surface area contributed by atoms with Crippen LogP contribution in [0.15, 0.2) is 48.5 Å². The fourth-order valence-corrected chi connectivity index (χ4v) is 4.93. The van der Waals surface area contributed by atoms with E-state index in [1.807, 2.05) is 49.5 Å². The third-order valence-electron chi connectivity index (χ3n) is 5.19. The molecular weight excluding hydrogens is 354 g/mol. The van der Waals surface area contributed by atoms with Gasteiger partial charge in [-0.25, -0.2) is 4.98 Å². The van der Waals surface area contributed by atoms with Crippen molar-refractivity contribution in [2.75, 3.05) is 7.05 Å². The highest BCUT2D eigenvalue weighted by Gasteiger charge is 2.26. The van der Waals surface area contributed by atoms with Gasteiger partial charge >= 0.3 is 0 Å². The van der Waals surface area contributed by atoms with Crippen molar-refractivity contribution in [3.63, 3.8) is 0 Å². The number of para-hydroxylation sites is 2. The molecule has 5 rings (SSSR count). The van der Waals surface area contributed by atoms with Crippen LogP contribution in [0.2, 0.25) is 0 Å². The van der Waals surface area contributed by atoms with Crippen molar-refractivity contribution < 1.29 is 4.79 Å². The Morgan fingerprint density at radius 1 is 1.04 bits per heavy atom. The fraction of sp³-hybridized carbons (Fsp3) is 0.227. The molecule has 2 heterocycles. The van der Waals surface area contributed by atoms with E-state index in [1.54, 1.807) is 16.2 Å². The first-order chi connectivity index (χ1) is 13.2. The van der Waals surface area contributed by atoms with E-state index in [1.165, 1.54) is 0 Å². The predicted molar refractivity (Wildman–Crippen MR) is 109 cm³/mol. The van der Waals surface area contributed by atoms with E-state index in [-0.39, 0.29) is 5.91 Å². The van der Waals surface area contributed by atoms with Gasteiger partial charge in [0, 0.05) is 18.1 Å². The number of aryl methyl sites for hydroxylation is 1. The molecule has 0 saturated heterocycles. The van der Waals surface area contributed by atoms with Crippen LogP contribution in [-0.2, 0) is 19.4 Å². The van der Waals surface area contributed by atoms with Crippen molar-refractivity contribution >= 4 is 38.4 Å². The molecule has 2 aromatic carbocycles. The van der Waals surface area contributed by atoms with Crippen LogP contribution in [0.3, 0.4) is 0 Å². The van der Waals surface area contributed by atoms with Gasteiger partial charge in [-0.15, -0.1) is 11.3 Å². The van der Waals surface area contributed by atoms with Crippen molar-refractivity contribution in [3.05, 3.63) is 70.4 Å². The van der Waals surface area contributed by atoms with Crippen LogP contribution in [0, 0.1) is 0 Å². The van der Waals surface area contributed by atoms with Crippen LogP contribution in [0.5, 0.6) is 0 Å². The molecule has 1 aliphatic carbocycles. The van der Waals surface area contributed by atoms with Crippen molar-refractivity contribution in [1.29, 1.82) is 0 Å². The van der Waals surface area contributed by atoms with Gasteiger partial charge in [0.15, 0.2) is 0 Å². The summed E-state index contributed by atoms with van der Waals surface area (Å²) in [5, 5.41) is 1.92. The molecule has 0 bridgehead atoms. The standard InChI is InChI=1S/C22H19N3OS/c1-25(13-20-24-18-10-4-5-12-19(18)27-20)22(26)21-14-7-2-3-9-16(14)23-17-11-6-8-15(17)21/h2-5,7,9-10,12H,6,8,11,13H2,1H3. The molecular formula is C22H19N3OS. The molecule has 0 fully saturated rings. The van der Waals surface area contributed by atoms with Crippen molar-refractivity contribution in [3.8, 4) is 0 Å². The lowest BCUT2D eigenvalue weighted by Crippen LogP contribution is -2.27. The Kier molecular flexibility index (Phi) is 3.90. The lowest BCUT2D eigenvalue weighted by atomic mass is 10.00. The summed E-state index contributed by atoms with van der Waals surface area (Å²) in [5.74, 6) is 0.0611. The second-order valence-corrected chi connectivity index (χ2v) is 8.13. The quantitative estimate of drug-likeness (QED) is 0.527. The normalized spacial score (nSPS) is 13.2. The predicted octanol–water partition coefficient (Wildman–Crippen LogP) is 4.61. The smallest absolute Gasteiger partial charge is 0.255 e. The third kappa shape index (κ3) is 2.79. The fourth-order valence-electron chi connectivity index (χ4n) is 3.91. The van der Waals surface area contributed by atoms with Crippen LogP contribution in [-0.4, -0.2) is 27.8 Å². The van der Waals surface area contributed by atoms with E-state index in [0.29, 0.717) is 6.54 Å². The average Bonchev–Trinajstić information content (AvgIpc) is 3.31. The Morgan fingerprint density at radius 3 is 2.67 bits per heavy atom. The van der Waals surface area contributed by atoms with Gasteiger partial charge in [-0.2, -0.15) is 0 Å². The van der Waals surface area contributed by atoms with Gasteiger partial charge in [-0.05, 0) is 43.0 Å². The molecule has 4 nitrogen and oxygen atoms in total. The van der Waals surface area contributed by atoms with E-state index < -0.39 is 0 Å². The van der Waals surface area contributed by atoms with Gasteiger partial charge in [-0.1, -0.05) is 30.3 Å². The number of nitrogens with zero attached hydrogens (tertiary/aromatic N) is 3. The highest BCUT2D eigenvalue weighted by Crippen LogP contribution is 2.31. The van der Waals surface area contributed by atoms with Crippen LogP contribution in [0.4, 0.5) is 0 Å². The Labute approximate surface area is 161 Å². The molecule has 2 aromatic heterocycles. The summed E-state index contributed by atoms with van der Waals surface area (Å²) < 4.78 is 1.16. The first kappa shape index (κ1) is 16.4. The van der Waals surface area contributed by atoms with Gasteiger partial charge in [0.2, 0.25) is 0 Å². The molecule has 4 aromatic rings. The van der Waals surface area contributed by atoms with Crippen LogP contribution < -0.4 is 0 Å². The molecule has 0 N–H and O–H groups in total. The number of fused-ring (bicyclic) bond motifs is 3. The minimum absolute atomic E-state index is 0.0611. The maximum atomic E-state index is 13.4. The lowest BCUT2D eigenvalue weighted by molar-refractivity contribution is 0.0786. The minimum Gasteiger partial charge on any atom is -0.335 e. The van der Waals surface area contributed by atoms with Crippen molar-refractivity contribution in [2.45, 2.75) is 25.8 Å². The van der Waals surface area contributed by atoms with E-state index in [0.717, 1.165) is 62.2 Å². The van der Waals surface area contributed by atoms with Crippen LogP contribution in [0.25, 0.3) is 21.1 Å². The lowest BCUT2D eigenvalue weighted by Gasteiger charge is -2.19. The Bertz CT molecular complexity index is 1150. The van der Waals surface area contributed by atoms with Crippen molar-refractivity contribution in [1.82, 2.24) is 14.9 Å². The highest BCUT2D eigenvalue weighted by molar-refractivity contribution is 7.18. The molecule has 5 heteroatoms. The number of aromatic nitrogens is 2. The Morgan fingerprint density at radius 2 is 1.81 bits per heavy atom. The molecule has 27 heavy (non-hydrogen) atoms. The summed E-state index contributed by atoms with van der Waals surface area (Å²) in [6.07, 6.45) is 2.96. The zero-order valence-corrected chi connectivity index (χ0v) is 15.9. The van der Waals surface area contributed by atoms with Gasteiger partial charge in [0.1, 0.15) is 5.01 Å². The molecule has 1 aliphatic rings. The number of carbonyl (C=O) groups is 1. The number of hydrogen-bond acceptors (Lipinski definition) is 4. The van der Waals surface area contributed by atoms with E-state index >= 15 is 0 Å². The van der Waals surface area contributed by atoms with Gasteiger partial charge in [0.05, 0.1) is 27.8 Å². The molecule has 0 saturated carbocycles. The minimum atomic E-state index is 0.0611. The Hall–Kier alpha value is -2.79. The molecule has 0 unspecified atom stereocenters. The van der Waals surface area contributed by atoms with Crippen LogP contribution in [0.1, 0.15) is 33.0 Å². The number of rotatable bonds is 3. The van der Waals surface area contributed by atoms with E-state index in [2.05, 4.69) is 11.1 Å². The number of hydrogen-bond donors (Lipinski definition) is 0. The summed E-state index contributed by atoms with van der Waals surface area (Å²) in [4.78, 5) is 24.7. The summed E-state index contributed by atoms with van der Waals surface area (Å²) >= 11 is 1.65. The summed E-state index contributed by atoms with van der Waals surface area (Å²) in [6, 6.07) is 16.1. The third-order valence-corrected chi connectivity index (χ3v) is 6.21. The van der Waals surface area contributed by atoms with E-state index in [9.17, 15) is 4.79 Å². The molecule has 0 aliphatic heterocycles. The number of pyridine rings is 1. The van der Waals surface area contributed by atoms with Crippen LogP contribution >= 0.6 is 11.3 Å².